The van der Waals surface area contributed by atoms with E-state index in [0.29, 0.717) is 0 Å². The van der Waals surface area contributed by atoms with Crippen LogP contribution in [0.2, 0.25) is 0 Å². The van der Waals surface area contributed by atoms with Crippen molar-refractivity contribution < 1.29 is 0 Å². The normalized spacial score (nSPS) is 20.6. The second-order valence-corrected chi connectivity index (χ2v) is 5.73. The van der Waals surface area contributed by atoms with Crippen LogP contribution < -0.4 is 0 Å². The molecule has 1 fully saturated rings. The first-order chi connectivity index (χ1) is 8.85. The molecule has 2 aromatic rings. The minimum Gasteiger partial charge on any atom is -0.299 e. The van der Waals surface area contributed by atoms with Crippen molar-refractivity contribution in [1.82, 2.24) is 9.88 Å². The van der Waals surface area contributed by atoms with E-state index in [1.807, 2.05) is 12.3 Å². The summed E-state index contributed by atoms with van der Waals surface area (Å²) in [6.45, 7) is 3.45. The van der Waals surface area contributed by atoms with Gasteiger partial charge in [-0.2, -0.15) is 0 Å². The van der Waals surface area contributed by atoms with Gasteiger partial charge < -0.3 is 0 Å². The van der Waals surface area contributed by atoms with Gasteiger partial charge in [-0.15, -0.1) is 0 Å². The van der Waals surface area contributed by atoms with Crippen molar-refractivity contribution in [3.63, 3.8) is 0 Å². The first-order valence-electron chi connectivity index (χ1n) is 6.47. The molecule has 0 spiro atoms. The van der Waals surface area contributed by atoms with E-state index in [9.17, 15) is 0 Å². The summed E-state index contributed by atoms with van der Waals surface area (Å²) < 4.78 is 0. The lowest BCUT2D eigenvalue weighted by Gasteiger charge is -2.15. The lowest BCUT2D eigenvalue weighted by atomic mass is 10.1. The Labute approximate surface area is 116 Å². The molecule has 0 radical (unpaired) electrons. The maximum Gasteiger partial charge on any atom is 0.0702 e. The van der Waals surface area contributed by atoms with Gasteiger partial charge in [-0.25, -0.2) is 0 Å². The quantitative estimate of drug-likeness (QED) is 0.808. The zero-order chi connectivity index (χ0) is 12.4. The summed E-state index contributed by atoms with van der Waals surface area (Å²) in [5.41, 5.74) is 2.41. The first kappa shape index (κ1) is 12.1. The fourth-order valence-corrected chi connectivity index (χ4v) is 3.17. The van der Waals surface area contributed by atoms with Crippen LogP contribution in [0.4, 0.5) is 0 Å². The van der Waals surface area contributed by atoms with Crippen LogP contribution in [0.25, 0.3) is 10.9 Å². The number of likely N-dealkylation sites (tertiary alicyclic amines) is 1. The predicted molar refractivity (Wildman–Crippen MR) is 78.9 cm³/mol. The monoisotopic (exact) mass is 304 g/mol. The zero-order valence-electron chi connectivity index (χ0n) is 10.3. The third-order valence-electron chi connectivity index (χ3n) is 3.64. The van der Waals surface area contributed by atoms with Crippen molar-refractivity contribution in [2.45, 2.75) is 13.0 Å². The number of aromatic nitrogens is 1. The molecular weight excluding hydrogens is 288 g/mol. The number of para-hydroxylation sites is 1. The summed E-state index contributed by atoms with van der Waals surface area (Å²) in [5, 5.41) is 2.37. The van der Waals surface area contributed by atoms with E-state index in [2.05, 4.69) is 50.1 Å². The molecule has 2 nitrogen and oxygen atoms in total. The average Bonchev–Trinajstić information content (AvgIpc) is 2.86. The first-order valence-corrected chi connectivity index (χ1v) is 7.59. The van der Waals surface area contributed by atoms with Crippen molar-refractivity contribution in [2.75, 3.05) is 18.4 Å². The zero-order valence-corrected chi connectivity index (χ0v) is 11.9. The topological polar surface area (TPSA) is 16.1 Å². The fourth-order valence-electron chi connectivity index (χ4n) is 2.64. The van der Waals surface area contributed by atoms with Gasteiger partial charge in [0, 0.05) is 30.0 Å². The number of fused-ring (bicyclic) bond motifs is 1. The Morgan fingerprint density at radius 1 is 1.33 bits per heavy atom. The molecule has 1 aliphatic heterocycles. The van der Waals surface area contributed by atoms with E-state index >= 15 is 0 Å². The van der Waals surface area contributed by atoms with Crippen LogP contribution >= 0.6 is 15.9 Å². The van der Waals surface area contributed by atoms with E-state index in [1.54, 1.807) is 0 Å². The van der Waals surface area contributed by atoms with E-state index in [-0.39, 0.29) is 0 Å². The molecule has 3 rings (SSSR count). The number of hydrogen-bond donors (Lipinski definition) is 0. The molecule has 94 valence electrons. The van der Waals surface area contributed by atoms with E-state index in [0.717, 1.165) is 23.3 Å². The highest BCUT2D eigenvalue weighted by Crippen LogP contribution is 2.21. The van der Waals surface area contributed by atoms with Gasteiger partial charge in [-0.05, 0) is 36.6 Å². The van der Waals surface area contributed by atoms with Crippen LogP contribution in [-0.4, -0.2) is 28.3 Å². The Morgan fingerprint density at radius 2 is 2.22 bits per heavy atom. The Morgan fingerprint density at radius 3 is 3.06 bits per heavy atom. The standard InChI is InChI=1S/C15H17BrN2/c16-8-12-5-6-18(10-12)11-13-7-14-3-1-2-4-15(14)17-9-13/h1-4,7,9,12H,5-6,8,10-11H2. The summed E-state index contributed by atoms with van der Waals surface area (Å²) >= 11 is 3.58. The van der Waals surface area contributed by atoms with Gasteiger partial charge in [0.25, 0.3) is 0 Å². The van der Waals surface area contributed by atoms with Gasteiger partial charge in [0.2, 0.25) is 0 Å². The second-order valence-electron chi connectivity index (χ2n) is 5.08. The smallest absolute Gasteiger partial charge is 0.0702 e. The molecule has 0 N–H and O–H groups in total. The fraction of sp³-hybridized carbons (Fsp3) is 0.400. The number of hydrogen-bond acceptors (Lipinski definition) is 2. The maximum absolute atomic E-state index is 4.53. The van der Waals surface area contributed by atoms with Crippen LogP contribution in [0.3, 0.4) is 0 Å². The molecule has 0 saturated carbocycles. The summed E-state index contributed by atoms with van der Waals surface area (Å²) in [5.74, 6) is 0.818. The molecule has 1 unspecified atom stereocenters. The van der Waals surface area contributed by atoms with Gasteiger partial charge in [-0.1, -0.05) is 34.1 Å². The van der Waals surface area contributed by atoms with E-state index in [4.69, 9.17) is 0 Å². The summed E-state index contributed by atoms with van der Waals surface area (Å²) in [6, 6.07) is 10.6. The van der Waals surface area contributed by atoms with Crippen molar-refractivity contribution in [2.24, 2.45) is 5.92 Å². The summed E-state index contributed by atoms with van der Waals surface area (Å²) in [7, 11) is 0. The third-order valence-corrected chi connectivity index (χ3v) is 4.56. The minimum absolute atomic E-state index is 0.818. The molecule has 18 heavy (non-hydrogen) atoms. The highest BCUT2D eigenvalue weighted by molar-refractivity contribution is 9.09. The molecule has 0 bridgehead atoms. The summed E-state index contributed by atoms with van der Waals surface area (Å²) in [6.07, 6.45) is 3.33. The van der Waals surface area contributed by atoms with Crippen molar-refractivity contribution in [1.29, 1.82) is 0 Å². The molecule has 1 aromatic heterocycles. The Hall–Kier alpha value is -0.930. The van der Waals surface area contributed by atoms with Crippen LogP contribution in [0, 0.1) is 5.92 Å². The van der Waals surface area contributed by atoms with Crippen LogP contribution in [0.5, 0.6) is 0 Å². The highest BCUT2D eigenvalue weighted by atomic mass is 79.9. The second kappa shape index (κ2) is 5.37. The highest BCUT2D eigenvalue weighted by Gasteiger charge is 2.21. The third kappa shape index (κ3) is 2.57. The minimum atomic E-state index is 0.818. The van der Waals surface area contributed by atoms with Gasteiger partial charge in [0.15, 0.2) is 0 Å². The number of benzene rings is 1. The number of pyridine rings is 1. The van der Waals surface area contributed by atoms with Crippen molar-refractivity contribution in [3.8, 4) is 0 Å². The molecule has 1 atom stereocenters. The molecule has 2 heterocycles. The number of alkyl halides is 1. The molecule has 1 aliphatic rings. The van der Waals surface area contributed by atoms with E-state index < -0.39 is 0 Å². The van der Waals surface area contributed by atoms with Crippen LogP contribution in [0.15, 0.2) is 36.5 Å². The van der Waals surface area contributed by atoms with Gasteiger partial charge in [-0.3, -0.25) is 9.88 Å². The van der Waals surface area contributed by atoms with Gasteiger partial charge in [0.05, 0.1) is 5.52 Å². The predicted octanol–water partition coefficient (Wildman–Crippen LogP) is 3.45. The maximum atomic E-state index is 4.53. The lowest BCUT2D eigenvalue weighted by Crippen LogP contribution is -2.20. The largest absolute Gasteiger partial charge is 0.299 e. The van der Waals surface area contributed by atoms with Crippen LogP contribution in [-0.2, 0) is 6.54 Å². The number of rotatable bonds is 3. The van der Waals surface area contributed by atoms with Crippen LogP contribution in [0.1, 0.15) is 12.0 Å². The molecule has 3 heteroatoms. The van der Waals surface area contributed by atoms with Gasteiger partial charge in [0.1, 0.15) is 0 Å². The molecule has 0 amide bonds. The lowest BCUT2D eigenvalue weighted by molar-refractivity contribution is 0.321. The molecule has 1 aromatic carbocycles. The Balaban J connectivity index is 1.75. The number of nitrogens with zero attached hydrogens (tertiary/aromatic N) is 2. The Bertz CT molecular complexity index is 541. The number of halogens is 1. The van der Waals surface area contributed by atoms with Gasteiger partial charge >= 0.3 is 0 Å². The molecule has 0 aliphatic carbocycles. The SMILES string of the molecule is BrCC1CCN(Cc2cnc3ccccc3c2)C1. The van der Waals surface area contributed by atoms with E-state index in [1.165, 1.54) is 30.5 Å². The van der Waals surface area contributed by atoms with Crippen molar-refractivity contribution >= 4 is 26.8 Å². The average molecular weight is 305 g/mol. The molecule has 1 saturated heterocycles. The van der Waals surface area contributed by atoms with Crippen molar-refractivity contribution in [3.05, 3.63) is 42.1 Å². The Kier molecular flexibility index (Phi) is 3.62. The summed E-state index contributed by atoms with van der Waals surface area (Å²) in [4.78, 5) is 7.05. The molecular formula is C15H17BrN2.